The molecule has 0 bridgehead atoms. The Morgan fingerprint density at radius 3 is 2.89 bits per heavy atom. The van der Waals surface area contributed by atoms with E-state index < -0.39 is 23.8 Å². The van der Waals surface area contributed by atoms with Crippen LogP contribution >= 0.6 is 0 Å². The minimum atomic E-state index is -1.06. The summed E-state index contributed by atoms with van der Waals surface area (Å²) in [6.07, 6.45) is 0.630. The van der Waals surface area contributed by atoms with Crippen LogP contribution in [0.5, 0.6) is 5.75 Å². The molecule has 2 aliphatic heterocycles. The van der Waals surface area contributed by atoms with Crippen LogP contribution in [0.15, 0.2) is 36.9 Å². The summed E-state index contributed by atoms with van der Waals surface area (Å²) >= 11 is 0. The molecule has 19 heavy (non-hydrogen) atoms. The molecule has 98 valence electrons. The van der Waals surface area contributed by atoms with Crippen LogP contribution in [0, 0.1) is 0 Å². The maximum atomic E-state index is 12.1. The fraction of sp³-hybridized carbons (Fsp3) is 0.286. The molecular weight excluding hydrogens is 246 g/mol. The van der Waals surface area contributed by atoms with Crippen molar-refractivity contribution in [3.8, 4) is 5.75 Å². The van der Waals surface area contributed by atoms with Gasteiger partial charge in [-0.25, -0.2) is 9.59 Å². The van der Waals surface area contributed by atoms with Gasteiger partial charge in [0.2, 0.25) is 6.23 Å². The van der Waals surface area contributed by atoms with Crippen molar-refractivity contribution < 1.29 is 19.1 Å². The zero-order chi connectivity index (χ0) is 13.6. The fourth-order valence-electron chi connectivity index (χ4n) is 2.52. The Morgan fingerprint density at radius 1 is 1.42 bits per heavy atom. The first-order chi connectivity index (χ1) is 9.08. The van der Waals surface area contributed by atoms with E-state index in [0.717, 1.165) is 0 Å². The van der Waals surface area contributed by atoms with Gasteiger partial charge in [0.15, 0.2) is 0 Å². The third-order valence-corrected chi connectivity index (χ3v) is 3.55. The normalized spacial score (nSPS) is 28.3. The van der Waals surface area contributed by atoms with Gasteiger partial charge in [0, 0.05) is 0 Å². The Kier molecular flexibility index (Phi) is 2.38. The molecule has 0 N–H and O–H groups in total. The first-order valence-electron chi connectivity index (χ1n) is 6.00. The Morgan fingerprint density at radius 2 is 2.16 bits per heavy atom. The number of rotatable bonds is 2. The second kappa shape index (κ2) is 3.85. The summed E-state index contributed by atoms with van der Waals surface area (Å²) in [5.41, 5.74) is -0.375. The van der Waals surface area contributed by atoms with E-state index in [0.29, 0.717) is 17.7 Å². The van der Waals surface area contributed by atoms with Gasteiger partial charge in [-0.05, 0) is 25.5 Å². The largest absolute Gasteiger partial charge is 0.435 e. The number of carbonyl (C=O) groups is 2. The van der Waals surface area contributed by atoms with Crippen LogP contribution in [0.4, 0.5) is 4.79 Å². The highest BCUT2D eigenvalue weighted by molar-refractivity contribution is 5.90. The van der Waals surface area contributed by atoms with Gasteiger partial charge in [0.05, 0.1) is 5.56 Å². The maximum absolute atomic E-state index is 12.1. The van der Waals surface area contributed by atoms with Crippen molar-refractivity contribution in [2.45, 2.75) is 25.1 Å². The molecule has 1 saturated heterocycles. The molecule has 0 saturated carbocycles. The molecule has 5 nitrogen and oxygen atoms in total. The van der Waals surface area contributed by atoms with E-state index in [1.807, 2.05) is 6.07 Å². The minimum absolute atomic E-state index is 0.319. The van der Waals surface area contributed by atoms with Gasteiger partial charge in [-0.15, -0.1) is 6.58 Å². The lowest BCUT2D eigenvalue weighted by atomic mass is 9.96. The second-order valence-electron chi connectivity index (χ2n) is 4.80. The summed E-state index contributed by atoms with van der Waals surface area (Å²) in [7, 11) is 0. The quantitative estimate of drug-likeness (QED) is 0.604. The summed E-state index contributed by atoms with van der Waals surface area (Å²) in [6.45, 7) is 5.28. The molecule has 0 radical (unpaired) electrons. The van der Waals surface area contributed by atoms with E-state index in [9.17, 15) is 9.59 Å². The monoisotopic (exact) mass is 259 g/mol. The van der Waals surface area contributed by atoms with Crippen LogP contribution in [0.3, 0.4) is 0 Å². The van der Waals surface area contributed by atoms with E-state index in [-0.39, 0.29) is 0 Å². The molecule has 1 aromatic carbocycles. The summed E-state index contributed by atoms with van der Waals surface area (Å²) < 4.78 is 10.6. The van der Waals surface area contributed by atoms with Gasteiger partial charge in [0.1, 0.15) is 11.3 Å². The van der Waals surface area contributed by atoms with Crippen LogP contribution in [-0.2, 0) is 9.53 Å². The standard InChI is InChI=1S/C14H13NO4/c1-3-8-14(2)12(16)19-11-9-6-4-5-7-10(9)18-13(17)15(11)14/h3-7,11H,1,8H2,2H3/t11-,14+/m1/s1. The first kappa shape index (κ1) is 11.8. The average Bonchev–Trinajstić information content (AvgIpc) is 2.63. The third kappa shape index (κ3) is 1.47. The molecule has 0 aliphatic carbocycles. The topological polar surface area (TPSA) is 55.8 Å². The molecular formula is C14H13NO4. The van der Waals surface area contributed by atoms with Crippen molar-refractivity contribution in [1.29, 1.82) is 0 Å². The maximum Gasteiger partial charge on any atom is 0.419 e. The highest BCUT2D eigenvalue weighted by Crippen LogP contribution is 2.46. The van der Waals surface area contributed by atoms with Crippen LogP contribution in [0.1, 0.15) is 25.1 Å². The van der Waals surface area contributed by atoms with E-state index in [1.54, 1.807) is 31.2 Å². The van der Waals surface area contributed by atoms with Gasteiger partial charge in [-0.1, -0.05) is 18.2 Å². The van der Waals surface area contributed by atoms with Crippen molar-refractivity contribution in [1.82, 2.24) is 4.90 Å². The molecule has 3 rings (SSSR count). The first-order valence-corrected chi connectivity index (χ1v) is 6.00. The number of para-hydroxylation sites is 1. The summed E-state index contributed by atoms with van der Waals surface area (Å²) in [6, 6.07) is 7.04. The number of hydrogen-bond acceptors (Lipinski definition) is 4. The molecule has 1 amide bonds. The van der Waals surface area contributed by atoms with Gasteiger partial charge in [0.25, 0.3) is 0 Å². The lowest BCUT2D eigenvalue weighted by molar-refractivity contribution is -0.145. The van der Waals surface area contributed by atoms with E-state index in [2.05, 4.69) is 6.58 Å². The van der Waals surface area contributed by atoms with E-state index in [1.165, 1.54) is 4.90 Å². The van der Waals surface area contributed by atoms with Crippen molar-refractivity contribution in [3.63, 3.8) is 0 Å². The molecule has 0 aromatic heterocycles. The number of carbonyl (C=O) groups excluding carboxylic acids is 2. The number of nitrogens with zero attached hydrogens (tertiary/aromatic N) is 1. The third-order valence-electron chi connectivity index (χ3n) is 3.55. The summed E-state index contributed by atoms with van der Waals surface area (Å²) in [4.78, 5) is 25.5. The second-order valence-corrected chi connectivity index (χ2v) is 4.80. The lowest BCUT2D eigenvalue weighted by Crippen LogP contribution is -2.51. The zero-order valence-electron chi connectivity index (χ0n) is 10.5. The zero-order valence-corrected chi connectivity index (χ0v) is 10.5. The molecule has 0 spiro atoms. The molecule has 1 aromatic rings. The predicted molar refractivity (Wildman–Crippen MR) is 66.4 cm³/mol. The number of ether oxygens (including phenoxy) is 2. The Balaban J connectivity index is 2.11. The van der Waals surface area contributed by atoms with Gasteiger partial charge < -0.3 is 9.47 Å². The molecule has 2 aliphatic rings. The van der Waals surface area contributed by atoms with Gasteiger partial charge >= 0.3 is 12.1 Å². The van der Waals surface area contributed by atoms with Crippen molar-refractivity contribution in [3.05, 3.63) is 42.5 Å². The van der Waals surface area contributed by atoms with Crippen molar-refractivity contribution in [2.24, 2.45) is 0 Å². The number of hydrogen-bond donors (Lipinski definition) is 0. The minimum Gasteiger partial charge on any atom is -0.435 e. The Hall–Kier alpha value is -2.30. The van der Waals surface area contributed by atoms with Gasteiger partial charge in [-0.2, -0.15) is 0 Å². The average molecular weight is 259 g/mol. The molecule has 5 heteroatoms. The van der Waals surface area contributed by atoms with Crippen LogP contribution < -0.4 is 4.74 Å². The van der Waals surface area contributed by atoms with E-state index >= 15 is 0 Å². The Bertz CT molecular complexity index is 583. The SMILES string of the molecule is C=CC[C@@]1(C)C(=O)O[C@@H]2c3ccccc3OC(=O)N21. The highest BCUT2D eigenvalue weighted by Gasteiger charge is 2.57. The smallest absolute Gasteiger partial charge is 0.419 e. The highest BCUT2D eigenvalue weighted by atomic mass is 16.6. The number of fused-ring (bicyclic) bond motifs is 3. The molecule has 2 atom stereocenters. The number of esters is 1. The predicted octanol–water partition coefficient (Wildman–Crippen LogP) is 2.39. The number of amides is 1. The van der Waals surface area contributed by atoms with Gasteiger partial charge in [-0.3, -0.25) is 4.90 Å². The molecule has 2 heterocycles. The molecule has 0 unspecified atom stereocenters. The van der Waals surface area contributed by atoms with Crippen molar-refractivity contribution >= 4 is 12.1 Å². The van der Waals surface area contributed by atoms with Crippen LogP contribution in [0.25, 0.3) is 0 Å². The molecule has 1 fully saturated rings. The summed E-state index contributed by atoms with van der Waals surface area (Å²) in [5, 5.41) is 0. The van der Waals surface area contributed by atoms with Crippen LogP contribution in [0.2, 0.25) is 0 Å². The lowest BCUT2D eigenvalue weighted by Gasteiger charge is -2.35. The van der Waals surface area contributed by atoms with E-state index in [4.69, 9.17) is 9.47 Å². The number of benzene rings is 1. The fourth-order valence-corrected chi connectivity index (χ4v) is 2.52. The van der Waals surface area contributed by atoms with Crippen LogP contribution in [-0.4, -0.2) is 22.5 Å². The van der Waals surface area contributed by atoms with Crippen molar-refractivity contribution in [2.75, 3.05) is 0 Å². The summed E-state index contributed by atoms with van der Waals surface area (Å²) in [5.74, 6) is -0.00421. The Labute approximate surface area is 110 Å².